The lowest BCUT2D eigenvalue weighted by Crippen LogP contribution is -2.03. The van der Waals surface area contributed by atoms with Crippen LogP contribution < -0.4 is 9.47 Å². The van der Waals surface area contributed by atoms with Gasteiger partial charge in [0.25, 0.3) is 0 Å². The molecule has 0 bridgehead atoms. The lowest BCUT2D eigenvalue weighted by Gasteiger charge is -2.10. The van der Waals surface area contributed by atoms with Gasteiger partial charge in [0.05, 0.1) is 14.2 Å². The van der Waals surface area contributed by atoms with Crippen molar-refractivity contribution in [3.63, 3.8) is 0 Å². The molecule has 0 aliphatic rings. The van der Waals surface area contributed by atoms with Crippen LogP contribution in [0.5, 0.6) is 11.5 Å². The summed E-state index contributed by atoms with van der Waals surface area (Å²) < 4.78 is 10.2. The number of carbonyl (C=O) groups excluding carboxylic acids is 1. The average Bonchev–Trinajstić information content (AvgIpc) is 2.28. The molecule has 0 aliphatic carbocycles. The maximum absolute atomic E-state index is 11.8. The Bertz CT molecular complexity index is 347. The predicted molar refractivity (Wildman–Crippen MR) is 58.7 cm³/mol. The summed E-state index contributed by atoms with van der Waals surface area (Å²) in [4.78, 5) is 11.8. The maximum Gasteiger partial charge on any atom is 0.174 e. The second-order valence-electron chi connectivity index (χ2n) is 2.95. The molecule has 0 fully saturated rings. The Morgan fingerprint density at radius 1 is 1.33 bits per heavy atom. The zero-order valence-electron chi connectivity index (χ0n) is 8.95. The molecular formula is C12H14O3. The summed E-state index contributed by atoms with van der Waals surface area (Å²) in [6.45, 7) is 3.53. The fourth-order valence-electron chi connectivity index (χ4n) is 1.36. The van der Waals surface area contributed by atoms with Crippen LogP contribution in [0.3, 0.4) is 0 Å². The molecule has 1 rings (SSSR count). The number of carbonyl (C=O) groups is 1. The van der Waals surface area contributed by atoms with E-state index in [9.17, 15) is 4.79 Å². The van der Waals surface area contributed by atoms with Gasteiger partial charge in [0.2, 0.25) is 0 Å². The number of hydrogen-bond donors (Lipinski definition) is 0. The number of ether oxygens (including phenoxy) is 2. The Labute approximate surface area is 89.3 Å². The van der Waals surface area contributed by atoms with Crippen molar-refractivity contribution >= 4 is 5.78 Å². The zero-order valence-corrected chi connectivity index (χ0v) is 8.95. The maximum atomic E-state index is 11.8. The molecule has 0 amide bonds. The van der Waals surface area contributed by atoms with Crippen molar-refractivity contribution in [2.75, 3.05) is 14.2 Å². The first-order valence-electron chi connectivity index (χ1n) is 4.59. The van der Waals surface area contributed by atoms with Crippen molar-refractivity contribution in [1.29, 1.82) is 0 Å². The second kappa shape index (κ2) is 5.20. The number of Topliss-reactive ketones (excluding diaryl/α,β-unsaturated/α-hetero) is 1. The predicted octanol–water partition coefficient (Wildman–Crippen LogP) is 2.46. The van der Waals surface area contributed by atoms with Gasteiger partial charge in [0.15, 0.2) is 5.78 Å². The van der Waals surface area contributed by atoms with Crippen molar-refractivity contribution in [1.82, 2.24) is 0 Å². The summed E-state index contributed by atoms with van der Waals surface area (Å²) in [5.74, 6) is 1.00. The number of allylic oxidation sites excluding steroid dienone is 1. The highest BCUT2D eigenvalue weighted by Crippen LogP contribution is 2.29. The van der Waals surface area contributed by atoms with E-state index in [1.165, 1.54) is 14.2 Å². The molecule has 0 unspecified atom stereocenters. The highest BCUT2D eigenvalue weighted by atomic mass is 16.5. The number of benzene rings is 1. The molecule has 15 heavy (non-hydrogen) atoms. The van der Waals surface area contributed by atoms with Crippen LogP contribution in [0, 0.1) is 0 Å². The Hall–Kier alpha value is -1.77. The van der Waals surface area contributed by atoms with Gasteiger partial charge in [-0.25, -0.2) is 0 Å². The minimum Gasteiger partial charge on any atom is -0.496 e. The van der Waals surface area contributed by atoms with E-state index in [0.29, 0.717) is 17.1 Å². The van der Waals surface area contributed by atoms with Gasteiger partial charge in [-0.3, -0.25) is 4.79 Å². The first kappa shape index (κ1) is 11.3. The molecule has 0 saturated carbocycles. The van der Waals surface area contributed by atoms with Crippen molar-refractivity contribution in [2.45, 2.75) is 6.42 Å². The topological polar surface area (TPSA) is 35.5 Å². The Morgan fingerprint density at radius 3 is 2.27 bits per heavy atom. The SMILES string of the molecule is C=CCC(=O)c1c(OC)cccc1OC. The third-order valence-electron chi connectivity index (χ3n) is 2.04. The van der Waals surface area contributed by atoms with Crippen LogP contribution in [-0.4, -0.2) is 20.0 Å². The van der Waals surface area contributed by atoms with Gasteiger partial charge >= 0.3 is 0 Å². The smallest absolute Gasteiger partial charge is 0.174 e. The van der Waals surface area contributed by atoms with E-state index < -0.39 is 0 Å². The molecule has 3 heteroatoms. The molecule has 0 saturated heterocycles. The quantitative estimate of drug-likeness (QED) is 0.548. The van der Waals surface area contributed by atoms with Gasteiger partial charge in [-0.1, -0.05) is 12.1 Å². The summed E-state index contributed by atoms with van der Waals surface area (Å²) in [5.41, 5.74) is 0.474. The van der Waals surface area contributed by atoms with Crippen LogP contribution in [0.4, 0.5) is 0 Å². The van der Waals surface area contributed by atoms with Gasteiger partial charge in [-0.05, 0) is 12.1 Å². The molecule has 0 atom stereocenters. The average molecular weight is 206 g/mol. The van der Waals surface area contributed by atoms with Gasteiger partial charge in [0, 0.05) is 6.42 Å². The molecular weight excluding hydrogens is 192 g/mol. The minimum atomic E-state index is -0.0562. The molecule has 0 heterocycles. The summed E-state index contributed by atoms with van der Waals surface area (Å²) in [6, 6.07) is 5.25. The van der Waals surface area contributed by atoms with E-state index in [-0.39, 0.29) is 12.2 Å². The largest absolute Gasteiger partial charge is 0.496 e. The second-order valence-corrected chi connectivity index (χ2v) is 2.95. The molecule has 0 aliphatic heterocycles. The van der Waals surface area contributed by atoms with Gasteiger partial charge < -0.3 is 9.47 Å². The molecule has 1 aromatic carbocycles. The highest BCUT2D eigenvalue weighted by molar-refractivity contribution is 6.02. The van der Waals surface area contributed by atoms with E-state index in [4.69, 9.17) is 9.47 Å². The van der Waals surface area contributed by atoms with Crippen LogP contribution in [-0.2, 0) is 0 Å². The van der Waals surface area contributed by atoms with Crippen LogP contribution in [0.1, 0.15) is 16.8 Å². The standard InChI is InChI=1S/C12H14O3/c1-4-6-9(13)12-10(14-2)7-5-8-11(12)15-3/h4-5,7-8H,1,6H2,2-3H3. The zero-order chi connectivity index (χ0) is 11.3. The molecule has 0 spiro atoms. The normalized spacial score (nSPS) is 9.47. The minimum absolute atomic E-state index is 0.0562. The van der Waals surface area contributed by atoms with Crippen LogP contribution in [0.25, 0.3) is 0 Å². The Balaban J connectivity index is 3.21. The lowest BCUT2D eigenvalue weighted by atomic mass is 10.1. The van der Waals surface area contributed by atoms with Crippen molar-refractivity contribution < 1.29 is 14.3 Å². The summed E-state index contributed by atoms with van der Waals surface area (Å²) in [7, 11) is 3.05. The Kier molecular flexibility index (Phi) is 3.92. The van der Waals surface area contributed by atoms with Crippen LogP contribution in [0.15, 0.2) is 30.9 Å². The number of rotatable bonds is 5. The lowest BCUT2D eigenvalue weighted by molar-refractivity contribution is 0.0990. The third kappa shape index (κ3) is 2.37. The van der Waals surface area contributed by atoms with E-state index in [1.807, 2.05) is 0 Å². The van der Waals surface area contributed by atoms with E-state index >= 15 is 0 Å². The molecule has 0 N–H and O–H groups in total. The Morgan fingerprint density at radius 2 is 1.87 bits per heavy atom. The van der Waals surface area contributed by atoms with E-state index in [0.717, 1.165) is 0 Å². The van der Waals surface area contributed by atoms with Crippen LogP contribution >= 0.6 is 0 Å². The number of ketones is 1. The van der Waals surface area contributed by atoms with Gasteiger partial charge in [-0.15, -0.1) is 6.58 Å². The number of hydrogen-bond acceptors (Lipinski definition) is 3. The van der Waals surface area contributed by atoms with Crippen LogP contribution in [0.2, 0.25) is 0 Å². The fraction of sp³-hybridized carbons (Fsp3) is 0.250. The molecule has 0 radical (unpaired) electrons. The molecule has 80 valence electrons. The number of methoxy groups -OCH3 is 2. The van der Waals surface area contributed by atoms with E-state index in [2.05, 4.69) is 6.58 Å². The van der Waals surface area contributed by atoms with Gasteiger partial charge in [-0.2, -0.15) is 0 Å². The van der Waals surface area contributed by atoms with Crippen molar-refractivity contribution in [3.8, 4) is 11.5 Å². The first-order chi connectivity index (χ1) is 7.24. The van der Waals surface area contributed by atoms with Crippen molar-refractivity contribution in [2.24, 2.45) is 0 Å². The summed E-state index contributed by atoms with van der Waals surface area (Å²) >= 11 is 0. The molecule has 1 aromatic rings. The monoisotopic (exact) mass is 206 g/mol. The molecule has 0 aromatic heterocycles. The van der Waals surface area contributed by atoms with E-state index in [1.54, 1.807) is 24.3 Å². The van der Waals surface area contributed by atoms with Crippen molar-refractivity contribution in [3.05, 3.63) is 36.4 Å². The summed E-state index contributed by atoms with van der Waals surface area (Å²) in [5, 5.41) is 0. The fourth-order valence-corrected chi connectivity index (χ4v) is 1.36. The third-order valence-corrected chi connectivity index (χ3v) is 2.04. The molecule has 3 nitrogen and oxygen atoms in total. The highest BCUT2D eigenvalue weighted by Gasteiger charge is 2.16. The van der Waals surface area contributed by atoms with Gasteiger partial charge in [0.1, 0.15) is 17.1 Å². The summed E-state index contributed by atoms with van der Waals surface area (Å²) in [6.07, 6.45) is 1.84. The first-order valence-corrected chi connectivity index (χ1v) is 4.59.